The average Bonchev–Trinajstić information content (AvgIpc) is 2.90. The summed E-state index contributed by atoms with van der Waals surface area (Å²) in [4.78, 5) is 20.1. The molecule has 1 fully saturated rings. The Kier molecular flexibility index (Phi) is 6.66. The lowest BCUT2D eigenvalue weighted by molar-refractivity contribution is 0.0927. The van der Waals surface area contributed by atoms with E-state index in [1.165, 1.54) is 0 Å². The summed E-state index contributed by atoms with van der Waals surface area (Å²) in [7, 11) is 4.13. The number of pyridine rings is 1. The first-order valence-corrected chi connectivity index (χ1v) is 12.4. The average molecular weight is 465 g/mol. The minimum Gasteiger partial charge on any atom is -0.377 e. The molecule has 3 aromatic carbocycles. The number of amides is 1. The standard InChI is InChI=1S/C30H32N4O/c1-34(2)28-20-29(33-27-15-9-8-14-26(27)28)31-22-16-18-23(19-17-22)32-30(35)25-13-7-6-12-24(25)21-10-4-3-5-11-21/h3-15,20,22-23H,16-19H2,1-2H3,(H,31,33)(H,32,35). The van der Waals surface area contributed by atoms with Crippen molar-refractivity contribution in [3.8, 4) is 11.1 Å². The zero-order valence-electron chi connectivity index (χ0n) is 20.4. The number of nitrogens with one attached hydrogen (secondary N) is 2. The maximum atomic E-state index is 13.2. The molecule has 2 N–H and O–H groups in total. The van der Waals surface area contributed by atoms with E-state index in [9.17, 15) is 4.79 Å². The molecule has 1 saturated carbocycles. The summed E-state index contributed by atoms with van der Waals surface area (Å²) in [6, 6.07) is 28.9. The van der Waals surface area contributed by atoms with Crippen molar-refractivity contribution in [1.29, 1.82) is 0 Å². The van der Waals surface area contributed by atoms with E-state index in [2.05, 4.69) is 53.9 Å². The van der Waals surface area contributed by atoms with E-state index in [-0.39, 0.29) is 11.9 Å². The van der Waals surface area contributed by atoms with E-state index in [4.69, 9.17) is 4.98 Å². The molecule has 1 aliphatic rings. The van der Waals surface area contributed by atoms with Gasteiger partial charge in [-0.05, 0) is 48.9 Å². The van der Waals surface area contributed by atoms with Gasteiger partial charge in [-0.2, -0.15) is 0 Å². The molecule has 178 valence electrons. The van der Waals surface area contributed by atoms with E-state index in [0.29, 0.717) is 6.04 Å². The molecular weight excluding hydrogens is 432 g/mol. The summed E-state index contributed by atoms with van der Waals surface area (Å²) in [6.07, 6.45) is 3.89. The Morgan fingerprint density at radius 1 is 0.829 bits per heavy atom. The maximum Gasteiger partial charge on any atom is 0.252 e. The van der Waals surface area contributed by atoms with Crippen LogP contribution in [0.25, 0.3) is 22.0 Å². The first-order chi connectivity index (χ1) is 17.1. The molecule has 0 unspecified atom stereocenters. The third-order valence-corrected chi connectivity index (χ3v) is 6.85. The van der Waals surface area contributed by atoms with Gasteiger partial charge < -0.3 is 15.5 Å². The zero-order valence-corrected chi connectivity index (χ0v) is 20.4. The maximum absolute atomic E-state index is 13.2. The van der Waals surface area contributed by atoms with Gasteiger partial charge in [-0.1, -0.05) is 66.7 Å². The van der Waals surface area contributed by atoms with Crippen molar-refractivity contribution in [2.24, 2.45) is 0 Å². The van der Waals surface area contributed by atoms with Gasteiger partial charge in [0.1, 0.15) is 5.82 Å². The second-order valence-corrected chi connectivity index (χ2v) is 9.52. The molecule has 0 radical (unpaired) electrons. The predicted octanol–water partition coefficient (Wildman–Crippen LogP) is 6.12. The largest absolute Gasteiger partial charge is 0.377 e. The molecule has 5 heteroatoms. The molecule has 35 heavy (non-hydrogen) atoms. The third-order valence-electron chi connectivity index (χ3n) is 6.85. The van der Waals surface area contributed by atoms with Gasteiger partial charge in [0.05, 0.1) is 5.52 Å². The van der Waals surface area contributed by atoms with Crippen LogP contribution < -0.4 is 15.5 Å². The summed E-state index contributed by atoms with van der Waals surface area (Å²) in [5.74, 6) is 0.921. The van der Waals surface area contributed by atoms with E-state index >= 15 is 0 Å². The number of hydrogen-bond acceptors (Lipinski definition) is 4. The Hall–Kier alpha value is -3.86. The number of anilines is 2. The number of nitrogens with zero attached hydrogens (tertiary/aromatic N) is 2. The molecule has 4 aromatic rings. The molecule has 0 bridgehead atoms. The van der Waals surface area contributed by atoms with Crippen LogP contribution in [0.5, 0.6) is 0 Å². The Morgan fingerprint density at radius 2 is 1.49 bits per heavy atom. The molecule has 1 aromatic heterocycles. The monoisotopic (exact) mass is 464 g/mol. The lowest BCUT2D eigenvalue weighted by Gasteiger charge is -2.30. The molecule has 1 heterocycles. The Labute approximate surface area is 207 Å². The molecule has 0 atom stereocenters. The number of rotatable bonds is 6. The van der Waals surface area contributed by atoms with Crippen LogP contribution in [0.3, 0.4) is 0 Å². The fourth-order valence-corrected chi connectivity index (χ4v) is 5.01. The number of carbonyl (C=O) groups excluding carboxylic acids is 1. The fraction of sp³-hybridized carbons (Fsp3) is 0.267. The minimum atomic E-state index is 0.00711. The van der Waals surface area contributed by atoms with Crippen molar-refractivity contribution in [2.45, 2.75) is 37.8 Å². The normalized spacial score (nSPS) is 17.7. The fourth-order valence-electron chi connectivity index (χ4n) is 5.01. The van der Waals surface area contributed by atoms with Gasteiger partial charge >= 0.3 is 0 Å². The number of benzene rings is 3. The van der Waals surface area contributed by atoms with Gasteiger partial charge in [-0.3, -0.25) is 4.79 Å². The van der Waals surface area contributed by atoms with Gasteiger partial charge in [0.2, 0.25) is 0 Å². The SMILES string of the molecule is CN(C)c1cc(NC2CCC(NC(=O)c3ccccc3-c3ccccc3)CC2)nc2ccccc12. The number of aromatic nitrogens is 1. The highest BCUT2D eigenvalue weighted by Crippen LogP contribution is 2.30. The Morgan fingerprint density at radius 3 is 2.26 bits per heavy atom. The summed E-state index contributed by atoms with van der Waals surface area (Å²) < 4.78 is 0. The first kappa shape index (κ1) is 22.9. The highest BCUT2D eigenvalue weighted by molar-refractivity contribution is 6.01. The third kappa shape index (κ3) is 5.14. The smallest absolute Gasteiger partial charge is 0.252 e. The van der Waals surface area contributed by atoms with Crippen molar-refractivity contribution >= 4 is 28.3 Å². The summed E-state index contributed by atoms with van der Waals surface area (Å²) in [5.41, 5.74) is 4.93. The van der Waals surface area contributed by atoms with Crippen LogP contribution in [0.1, 0.15) is 36.0 Å². The van der Waals surface area contributed by atoms with Crippen molar-refractivity contribution in [2.75, 3.05) is 24.3 Å². The number of carbonyl (C=O) groups is 1. The Bertz CT molecular complexity index is 1310. The molecule has 0 saturated heterocycles. The second kappa shape index (κ2) is 10.2. The molecule has 1 amide bonds. The van der Waals surface area contributed by atoms with Crippen molar-refractivity contribution in [1.82, 2.24) is 10.3 Å². The quantitative estimate of drug-likeness (QED) is 0.361. The molecular formula is C30H32N4O. The highest BCUT2D eigenvalue weighted by Gasteiger charge is 2.24. The van der Waals surface area contributed by atoms with E-state index in [1.54, 1.807) is 0 Å². The highest BCUT2D eigenvalue weighted by atomic mass is 16.1. The van der Waals surface area contributed by atoms with Gasteiger partial charge in [-0.15, -0.1) is 0 Å². The van der Waals surface area contributed by atoms with Crippen LogP contribution in [0, 0.1) is 0 Å². The van der Waals surface area contributed by atoms with Crippen LogP contribution in [-0.2, 0) is 0 Å². The topological polar surface area (TPSA) is 57.3 Å². The number of fused-ring (bicyclic) bond motifs is 1. The van der Waals surface area contributed by atoms with Gasteiger partial charge in [-0.25, -0.2) is 4.98 Å². The summed E-state index contributed by atoms with van der Waals surface area (Å²) in [6.45, 7) is 0. The van der Waals surface area contributed by atoms with Gasteiger partial charge in [0.15, 0.2) is 0 Å². The van der Waals surface area contributed by atoms with E-state index in [1.807, 2.05) is 60.7 Å². The van der Waals surface area contributed by atoms with Gasteiger partial charge in [0, 0.05) is 48.9 Å². The van der Waals surface area contributed by atoms with Crippen molar-refractivity contribution < 1.29 is 4.79 Å². The molecule has 5 nitrogen and oxygen atoms in total. The minimum absolute atomic E-state index is 0.00711. The van der Waals surface area contributed by atoms with Crippen LogP contribution >= 0.6 is 0 Å². The van der Waals surface area contributed by atoms with Gasteiger partial charge in [0.25, 0.3) is 5.91 Å². The molecule has 5 rings (SSSR count). The first-order valence-electron chi connectivity index (χ1n) is 12.4. The van der Waals surface area contributed by atoms with Crippen LogP contribution in [0.2, 0.25) is 0 Å². The summed E-state index contributed by atoms with van der Waals surface area (Å²) >= 11 is 0. The Balaban J connectivity index is 1.22. The van der Waals surface area contributed by atoms with Crippen LogP contribution in [-0.4, -0.2) is 37.1 Å². The molecule has 0 spiro atoms. The molecule has 0 aliphatic heterocycles. The van der Waals surface area contributed by atoms with E-state index < -0.39 is 0 Å². The van der Waals surface area contributed by atoms with Crippen molar-refractivity contribution in [3.05, 3.63) is 90.5 Å². The van der Waals surface area contributed by atoms with E-state index in [0.717, 1.165) is 64.8 Å². The number of para-hydroxylation sites is 1. The second-order valence-electron chi connectivity index (χ2n) is 9.52. The zero-order chi connectivity index (χ0) is 24.2. The molecule has 1 aliphatic carbocycles. The number of hydrogen-bond donors (Lipinski definition) is 2. The predicted molar refractivity (Wildman–Crippen MR) is 145 cm³/mol. The lowest BCUT2D eigenvalue weighted by atomic mass is 9.90. The van der Waals surface area contributed by atoms with Crippen molar-refractivity contribution in [3.63, 3.8) is 0 Å². The summed E-state index contributed by atoms with van der Waals surface area (Å²) in [5, 5.41) is 8.10. The van der Waals surface area contributed by atoms with Crippen LogP contribution in [0.4, 0.5) is 11.5 Å². The van der Waals surface area contributed by atoms with Crippen LogP contribution in [0.15, 0.2) is 84.9 Å². The lowest BCUT2D eigenvalue weighted by Crippen LogP contribution is -2.40.